The van der Waals surface area contributed by atoms with Crippen LogP contribution in [0.15, 0.2) is 28.7 Å². The summed E-state index contributed by atoms with van der Waals surface area (Å²) in [6, 6.07) is 6.90. The Bertz CT molecular complexity index is 357. The molecule has 0 aliphatic rings. The van der Waals surface area contributed by atoms with Gasteiger partial charge in [-0.3, -0.25) is 4.79 Å². The van der Waals surface area contributed by atoms with Gasteiger partial charge in [0.2, 0.25) is 0 Å². The number of para-hydroxylation sites is 1. The minimum absolute atomic E-state index is 0.362. The lowest BCUT2D eigenvalue weighted by atomic mass is 10.2. The first kappa shape index (κ1) is 13.0. The molecule has 0 saturated carbocycles. The second-order valence-corrected chi connectivity index (χ2v) is 4.10. The normalized spacial score (nSPS) is 12.1. The molecule has 1 aromatic rings. The molecule has 1 aromatic carbocycles. The number of halogens is 1. The molecule has 0 aliphatic carbocycles. The van der Waals surface area contributed by atoms with E-state index in [1.54, 1.807) is 7.05 Å². The summed E-state index contributed by atoms with van der Waals surface area (Å²) < 4.78 is 6.34. The average Bonchev–Trinajstić information content (AvgIpc) is 2.26. The van der Waals surface area contributed by atoms with Gasteiger partial charge < -0.3 is 15.2 Å². The van der Waals surface area contributed by atoms with Crippen LogP contribution in [0.1, 0.15) is 6.42 Å². The molecule has 88 valence electrons. The Hall–Kier alpha value is -1.07. The third-order valence-corrected chi connectivity index (χ3v) is 2.80. The molecule has 0 fully saturated rings. The first-order valence-electron chi connectivity index (χ1n) is 4.92. The number of rotatable bonds is 6. The third kappa shape index (κ3) is 3.83. The van der Waals surface area contributed by atoms with E-state index in [2.05, 4.69) is 21.2 Å². The maximum absolute atomic E-state index is 10.7. The molecular weight excluding hydrogens is 274 g/mol. The van der Waals surface area contributed by atoms with Crippen molar-refractivity contribution in [2.24, 2.45) is 0 Å². The summed E-state index contributed by atoms with van der Waals surface area (Å²) >= 11 is 3.35. The molecule has 0 spiro atoms. The molecule has 4 nitrogen and oxygen atoms in total. The third-order valence-electron chi connectivity index (χ3n) is 2.15. The zero-order chi connectivity index (χ0) is 12.0. The van der Waals surface area contributed by atoms with Gasteiger partial charge in [-0.15, -0.1) is 0 Å². The van der Waals surface area contributed by atoms with Gasteiger partial charge in [0, 0.05) is 6.42 Å². The fourth-order valence-corrected chi connectivity index (χ4v) is 1.64. The zero-order valence-electron chi connectivity index (χ0n) is 8.94. The number of benzene rings is 1. The highest BCUT2D eigenvalue weighted by atomic mass is 79.9. The fourth-order valence-electron chi connectivity index (χ4n) is 1.24. The van der Waals surface area contributed by atoms with Crippen molar-refractivity contribution in [3.8, 4) is 5.75 Å². The largest absolute Gasteiger partial charge is 0.492 e. The summed E-state index contributed by atoms with van der Waals surface area (Å²) in [5, 5.41) is 11.5. The van der Waals surface area contributed by atoms with Gasteiger partial charge in [0.25, 0.3) is 0 Å². The van der Waals surface area contributed by atoms with Crippen molar-refractivity contribution in [2.75, 3.05) is 13.7 Å². The summed E-state index contributed by atoms with van der Waals surface area (Å²) in [6.07, 6.45) is 0.424. The Balaban J connectivity index is 2.41. The van der Waals surface area contributed by atoms with Gasteiger partial charge in [-0.2, -0.15) is 0 Å². The van der Waals surface area contributed by atoms with Gasteiger partial charge in [0.1, 0.15) is 11.8 Å². The molecule has 1 atom stereocenters. The number of carbonyl (C=O) groups is 1. The maximum atomic E-state index is 10.7. The Labute approximate surface area is 103 Å². The Morgan fingerprint density at radius 3 is 2.81 bits per heavy atom. The van der Waals surface area contributed by atoms with Crippen LogP contribution in [0.25, 0.3) is 0 Å². The van der Waals surface area contributed by atoms with Gasteiger partial charge in [-0.25, -0.2) is 0 Å². The van der Waals surface area contributed by atoms with Crippen molar-refractivity contribution in [1.29, 1.82) is 0 Å². The van der Waals surface area contributed by atoms with E-state index in [1.165, 1.54) is 0 Å². The van der Waals surface area contributed by atoms with Crippen LogP contribution in [-0.4, -0.2) is 30.8 Å². The first-order chi connectivity index (χ1) is 7.65. The van der Waals surface area contributed by atoms with Gasteiger partial charge in [-0.1, -0.05) is 12.1 Å². The van der Waals surface area contributed by atoms with Crippen molar-refractivity contribution in [3.05, 3.63) is 28.7 Å². The van der Waals surface area contributed by atoms with Crippen molar-refractivity contribution in [3.63, 3.8) is 0 Å². The van der Waals surface area contributed by atoms with Gasteiger partial charge >= 0.3 is 5.97 Å². The van der Waals surface area contributed by atoms with Crippen molar-refractivity contribution >= 4 is 21.9 Å². The van der Waals surface area contributed by atoms with Crippen LogP contribution in [0.4, 0.5) is 0 Å². The second-order valence-electron chi connectivity index (χ2n) is 3.25. The summed E-state index contributed by atoms with van der Waals surface area (Å²) in [5.74, 6) is -0.138. The predicted molar refractivity (Wildman–Crippen MR) is 64.7 cm³/mol. The van der Waals surface area contributed by atoms with Crippen molar-refractivity contribution < 1.29 is 14.6 Å². The number of carboxylic acid groups (broad SMARTS) is 1. The number of carboxylic acids is 1. The first-order valence-corrected chi connectivity index (χ1v) is 5.72. The minimum atomic E-state index is -0.863. The van der Waals surface area contributed by atoms with E-state index in [0.717, 1.165) is 10.2 Å². The molecule has 0 aliphatic heterocycles. The van der Waals surface area contributed by atoms with E-state index in [-0.39, 0.29) is 0 Å². The van der Waals surface area contributed by atoms with Crippen LogP contribution in [0.2, 0.25) is 0 Å². The number of likely N-dealkylation sites (N-methyl/N-ethyl adjacent to an activating group) is 1. The topological polar surface area (TPSA) is 58.6 Å². The molecule has 5 heteroatoms. The second kappa shape index (κ2) is 6.50. The van der Waals surface area contributed by atoms with Gasteiger partial charge in [0.05, 0.1) is 11.1 Å². The molecule has 0 bridgehead atoms. The standard InChI is InChI=1S/C11H14BrNO3/c1-13-9(11(14)15)6-7-16-10-5-3-2-4-8(10)12/h2-5,9,13H,6-7H2,1H3,(H,14,15). The van der Waals surface area contributed by atoms with E-state index in [9.17, 15) is 4.79 Å². The molecule has 0 aromatic heterocycles. The van der Waals surface area contributed by atoms with Crippen molar-refractivity contribution in [2.45, 2.75) is 12.5 Å². The SMILES string of the molecule is CNC(CCOc1ccccc1Br)C(=O)O. The Morgan fingerprint density at radius 1 is 1.56 bits per heavy atom. The molecule has 1 unspecified atom stereocenters. The minimum Gasteiger partial charge on any atom is -0.492 e. The quantitative estimate of drug-likeness (QED) is 0.839. The molecule has 0 heterocycles. The van der Waals surface area contributed by atoms with Crippen LogP contribution < -0.4 is 10.1 Å². The van der Waals surface area contributed by atoms with E-state index in [4.69, 9.17) is 9.84 Å². The molecular formula is C11H14BrNO3. The average molecular weight is 288 g/mol. The lowest BCUT2D eigenvalue weighted by Gasteiger charge is -2.12. The number of ether oxygens (including phenoxy) is 1. The summed E-state index contributed by atoms with van der Waals surface area (Å²) in [7, 11) is 1.62. The fraction of sp³-hybridized carbons (Fsp3) is 0.364. The van der Waals surface area contributed by atoms with Crippen LogP contribution >= 0.6 is 15.9 Å². The number of hydrogen-bond donors (Lipinski definition) is 2. The van der Waals surface area contributed by atoms with Crippen LogP contribution in [0, 0.1) is 0 Å². The number of aliphatic carboxylic acids is 1. The van der Waals surface area contributed by atoms with E-state index in [0.29, 0.717) is 13.0 Å². The number of hydrogen-bond acceptors (Lipinski definition) is 3. The maximum Gasteiger partial charge on any atom is 0.320 e. The molecule has 0 radical (unpaired) electrons. The van der Waals surface area contributed by atoms with E-state index >= 15 is 0 Å². The van der Waals surface area contributed by atoms with Crippen LogP contribution in [-0.2, 0) is 4.79 Å². The predicted octanol–water partition coefficient (Wildman–Crippen LogP) is 1.89. The lowest BCUT2D eigenvalue weighted by molar-refractivity contribution is -0.139. The molecule has 1 rings (SSSR count). The molecule has 0 saturated heterocycles. The number of nitrogens with one attached hydrogen (secondary N) is 1. The monoisotopic (exact) mass is 287 g/mol. The molecule has 0 amide bonds. The molecule has 2 N–H and O–H groups in total. The molecule has 16 heavy (non-hydrogen) atoms. The smallest absolute Gasteiger partial charge is 0.320 e. The van der Waals surface area contributed by atoms with Crippen LogP contribution in [0.3, 0.4) is 0 Å². The van der Waals surface area contributed by atoms with Crippen molar-refractivity contribution in [1.82, 2.24) is 5.32 Å². The highest BCUT2D eigenvalue weighted by molar-refractivity contribution is 9.10. The van der Waals surface area contributed by atoms with E-state index in [1.807, 2.05) is 24.3 Å². The summed E-state index contributed by atoms with van der Waals surface area (Å²) in [5.41, 5.74) is 0. The Kier molecular flexibility index (Phi) is 5.28. The van der Waals surface area contributed by atoms with Crippen LogP contribution in [0.5, 0.6) is 5.75 Å². The van der Waals surface area contributed by atoms with Gasteiger partial charge in [-0.05, 0) is 35.1 Å². The summed E-state index contributed by atoms with van der Waals surface area (Å²) in [4.78, 5) is 10.7. The summed E-state index contributed by atoms with van der Waals surface area (Å²) in [6.45, 7) is 0.362. The Morgan fingerprint density at radius 2 is 2.25 bits per heavy atom. The highest BCUT2D eigenvalue weighted by Gasteiger charge is 2.14. The highest BCUT2D eigenvalue weighted by Crippen LogP contribution is 2.23. The zero-order valence-corrected chi connectivity index (χ0v) is 10.5. The van der Waals surface area contributed by atoms with E-state index < -0.39 is 12.0 Å². The van der Waals surface area contributed by atoms with Gasteiger partial charge in [0.15, 0.2) is 0 Å². The lowest BCUT2D eigenvalue weighted by Crippen LogP contribution is -2.35.